The van der Waals surface area contributed by atoms with Gasteiger partial charge in [0.05, 0.1) is 12.1 Å². The van der Waals surface area contributed by atoms with Gasteiger partial charge in [0.15, 0.2) is 6.61 Å². The molecular weight excluding hydrogens is 476 g/mol. The van der Waals surface area contributed by atoms with E-state index in [2.05, 4.69) is 10.6 Å². The van der Waals surface area contributed by atoms with Gasteiger partial charge in [-0.25, -0.2) is 4.79 Å². The molecule has 0 saturated carbocycles. The van der Waals surface area contributed by atoms with Gasteiger partial charge in [-0.05, 0) is 37.6 Å². The van der Waals surface area contributed by atoms with Crippen LogP contribution in [0.2, 0.25) is 5.02 Å². The molecule has 0 bridgehead atoms. The van der Waals surface area contributed by atoms with E-state index in [1.165, 1.54) is 30.6 Å². The van der Waals surface area contributed by atoms with Gasteiger partial charge in [-0.15, -0.1) is 11.3 Å². The lowest BCUT2D eigenvalue weighted by molar-refractivity contribution is -0.119. The first kappa shape index (κ1) is 25.0. The molecule has 0 spiro atoms. The molecule has 2 amide bonds. The van der Waals surface area contributed by atoms with Gasteiger partial charge >= 0.3 is 5.97 Å². The van der Waals surface area contributed by atoms with Crippen LogP contribution in [0.3, 0.4) is 0 Å². The Labute approximate surface area is 206 Å². The lowest BCUT2D eigenvalue weighted by Crippen LogP contribution is -2.21. The summed E-state index contributed by atoms with van der Waals surface area (Å²) in [6.07, 6.45) is 1.43. The highest BCUT2D eigenvalue weighted by Gasteiger charge is 2.23. The lowest BCUT2D eigenvalue weighted by Gasteiger charge is -2.10. The van der Waals surface area contributed by atoms with E-state index in [1.807, 2.05) is 30.3 Å². The smallest absolute Gasteiger partial charge is 0.342 e. The average Bonchev–Trinajstić information content (AvgIpc) is 3.21. The second kappa shape index (κ2) is 11.5. The van der Waals surface area contributed by atoms with Crippen molar-refractivity contribution in [1.29, 1.82) is 0 Å². The largest absolute Gasteiger partial charge is 0.495 e. The summed E-state index contributed by atoms with van der Waals surface area (Å²) in [7, 11) is 1.49. The second-order valence-corrected chi connectivity index (χ2v) is 8.69. The maximum Gasteiger partial charge on any atom is 0.342 e. The maximum absolute atomic E-state index is 13.0. The van der Waals surface area contributed by atoms with Crippen molar-refractivity contribution in [2.75, 3.05) is 24.4 Å². The van der Waals surface area contributed by atoms with E-state index in [1.54, 1.807) is 31.4 Å². The van der Waals surface area contributed by atoms with Gasteiger partial charge in [-0.3, -0.25) is 9.59 Å². The lowest BCUT2D eigenvalue weighted by atomic mass is 10.0. The van der Waals surface area contributed by atoms with Gasteiger partial charge in [-0.2, -0.15) is 0 Å². The molecule has 1 heterocycles. The Hall–Kier alpha value is -3.62. The Kier molecular flexibility index (Phi) is 8.45. The monoisotopic (exact) mass is 498 g/mol. The van der Waals surface area contributed by atoms with Crippen LogP contribution in [0.5, 0.6) is 5.75 Å². The number of nitrogens with one attached hydrogen (secondary N) is 2. The van der Waals surface area contributed by atoms with Crippen LogP contribution in [-0.4, -0.2) is 31.5 Å². The minimum Gasteiger partial charge on any atom is -0.495 e. The molecule has 9 heteroatoms. The first-order valence-corrected chi connectivity index (χ1v) is 11.5. The van der Waals surface area contributed by atoms with Crippen LogP contribution in [0.1, 0.15) is 24.2 Å². The fourth-order valence-corrected chi connectivity index (χ4v) is 4.26. The number of hydrogen-bond donors (Lipinski definition) is 2. The first-order valence-electron chi connectivity index (χ1n) is 10.2. The summed E-state index contributed by atoms with van der Waals surface area (Å²) < 4.78 is 10.4. The number of ether oxygens (including phenoxy) is 2. The number of hydrogen-bond acceptors (Lipinski definition) is 6. The molecule has 0 aliphatic carbocycles. The minimum absolute atomic E-state index is 0.187. The Balaban J connectivity index is 1.77. The second-order valence-electron chi connectivity index (χ2n) is 7.40. The number of methoxy groups -OCH3 is 1. The molecule has 0 unspecified atom stereocenters. The number of allylic oxidation sites excluding steroid dienone is 1. The molecule has 3 rings (SSSR count). The predicted molar refractivity (Wildman–Crippen MR) is 135 cm³/mol. The number of esters is 1. The zero-order valence-electron chi connectivity index (χ0n) is 18.8. The fraction of sp³-hybridized carbons (Fsp3) is 0.160. The highest BCUT2D eigenvalue weighted by Crippen LogP contribution is 2.36. The number of benzene rings is 2. The minimum atomic E-state index is -0.726. The standard InChI is InChI=1S/C25H23ClN2O5S/c1-15(2)11-21(29)28-24-23(18(14-34-24)16-7-5-4-6-8-16)25(31)33-13-22(30)27-17-9-10-20(32-3)19(26)12-17/h4-12,14H,13H2,1-3H3,(H,27,30)(H,28,29). The Morgan fingerprint density at radius 2 is 1.79 bits per heavy atom. The van der Waals surface area contributed by atoms with Crippen molar-refractivity contribution < 1.29 is 23.9 Å². The van der Waals surface area contributed by atoms with E-state index in [0.717, 1.165) is 11.1 Å². The molecule has 1 aromatic heterocycles. The number of carbonyl (C=O) groups excluding carboxylic acids is 3. The summed E-state index contributed by atoms with van der Waals surface area (Å²) in [5, 5.41) is 7.79. The zero-order valence-corrected chi connectivity index (χ0v) is 20.4. The van der Waals surface area contributed by atoms with Crippen molar-refractivity contribution in [2.45, 2.75) is 13.8 Å². The predicted octanol–water partition coefficient (Wildman–Crippen LogP) is 5.78. The third kappa shape index (κ3) is 6.46. The van der Waals surface area contributed by atoms with Crippen molar-refractivity contribution in [2.24, 2.45) is 0 Å². The molecule has 0 radical (unpaired) electrons. The summed E-state index contributed by atoms with van der Waals surface area (Å²) in [4.78, 5) is 37.6. The molecule has 0 aliphatic rings. The third-order valence-corrected chi connectivity index (χ3v) is 5.70. The molecule has 2 N–H and O–H groups in total. The van der Waals surface area contributed by atoms with Gasteiger partial charge < -0.3 is 20.1 Å². The number of halogens is 1. The molecule has 0 atom stereocenters. The fourth-order valence-electron chi connectivity index (χ4n) is 3.04. The Morgan fingerprint density at radius 3 is 2.44 bits per heavy atom. The Morgan fingerprint density at radius 1 is 1.06 bits per heavy atom. The average molecular weight is 499 g/mol. The first-order chi connectivity index (χ1) is 16.3. The number of anilines is 2. The van der Waals surface area contributed by atoms with E-state index < -0.39 is 18.5 Å². The molecule has 34 heavy (non-hydrogen) atoms. The van der Waals surface area contributed by atoms with Gasteiger partial charge in [-0.1, -0.05) is 47.5 Å². The van der Waals surface area contributed by atoms with E-state index >= 15 is 0 Å². The van der Waals surface area contributed by atoms with Gasteiger partial charge in [0.1, 0.15) is 16.3 Å². The van der Waals surface area contributed by atoms with E-state index in [4.69, 9.17) is 21.1 Å². The molecule has 0 fully saturated rings. The van der Waals surface area contributed by atoms with Crippen LogP contribution in [0.15, 0.2) is 65.6 Å². The normalized spacial score (nSPS) is 10.2. The Bertz CT molecular complexity index is 1230. The molecule has 176 valence electrons. The van der Waals surface area contributed by atoms with E-state index in [-0.39, 0.29) is 11.5 Å². The van der Waals surface area contributed by atoms with Crippen LogP contribution in [0, 0.1) is 0 Å². The molecular formula is C25H23ClN2O5S. The van der Waals surface area contributed by atoms with Crippen molar-refractivity contribution in [3.8, 4) is 16.9 Å². The zero-order chi connectivity index (χ0) is 24.7. The van der Waals surface area contributed by atoms with E-state index in [0.29, 0.717) is 27.0 Å². The van der Waals surface area contributed by atoms with Gasteiger partial charge in [0.2, 0.25) is 5.91 Å². The maximum atomic E-state index is 13.0. The quantitative estimate of drug-likeness (QED) is 0.303. The van der Waals surface area contributed by atoms with Crippen LogP contribution >= 0.6 is 22.9 Å². The molecule has 7 nitrogen and oxygen atoms in total. The van der Waals surface area contributed by atoms with Crippen LogP contribution in [0.4, 0.5) is 10.7 Å². The molecule has 0 aliphatic heterocycles. The van der Waals surface area contributed by atoms with E-state index in [9.17, 15) is 14.4 Å². The highest BCUT2D eigenvalue weighted by molar-refractivity contribution is 7.15. The topological polar surface area (TPSA) is 93.7 Å². The van der Waals surface area contributed by atoms with Crippen molar-refractivity contribution in [1.82, 2.24) is 0 Å². The summed E-state index contributed by atoms with van der Waals surface area (Å²) in [5.41, 5.74) is 2.82. The molecule has 3 aromatic rings. The number of rotatable bonds is 8. The van der Waals surface area contributed by atoms with Crippen molar-refractivity contribution >= 4 is 51.4 Å². The highest BCUT2D eigenvalue weighted by atomic mass is 35.5. The van der Waals surface area contributed by atoms with Crippen molar-refractivity contribution in [3.63, 3.8) is 0 Å². The number of carbonyl (C=O) groups is 3. The molecule has 2 aromatic carbocycles. The van der Waals surface area contributed by atoms with Crippen LogP contribution in [0.25, 0.3) is 11.1 Å². The number of thiophene rings is 1. The summed E-state index contributed by atoms with van der Waals surface area (Å²) in [6.45, 7) is 3.08. The molecule has 0 saturated heterocycles. The SMILES string of the molecule is COc1ccc(NC(=O)COC(=O)c2c(-c3ccccc3)csc2NC(=O)C=C(C)C)cc1Cl. The van der Waals surface area contributed by atoms with Crippen LogP contribution in [-0.2, 0) is 14.3 Å². The summed E-state index contributed by atoms with van der Waals surface area (Å²) in [5.74, 6) is -1.15. The van der Waals surface area contributed by atoms with Crippen molar-refractivity contribution in [3.05, 3.63) is 76.1 Å². The summed E-state index contributed by atoms with van der Waals surface area (Å²) in [6, 6.07) is 14.0. The third-order valence-electron chi connectivity index (χ3n) is 4.51. The van der Waals surface area contributed by atoms with Gasteiger partial charge in [0, 0.05) is 22.7 Å². The number of amides is 2. The van der Waals surface area contributed by atoms with Crippen LogP contribution < -0.4 is 15.4 Å². The summed E-state index contributed by atoms with van der Waals surface area (Å²) >= 11 is 7.28. The van der Waals surface area contributed by atoms with Gasteiger partial charge in [0.25, 0.3) is 5.91 Å².